The van der Waals surface area contributed by atoms with Crippen LogP contribution in [-0.2, 0) is 6.61 Å². The first-order chi connectivity index (χ1) is 17.4. The molecule has 36 heavy (non-hydrogen) atoms. The molecule has 0 aliphatic carbocycles. The van der Waals surface area contributed by atoms with E-state index in [0.717, 1.165) is 24.9 Å². The lowest BCUT2D eigenvalue weighted by Crippen LogP contribution is -2.20. The molecule has 0 amide bonds. The average molecular weight is 662 g/mol. The molecule has 0 fully saturated rings. The quantitative estimate of drug-likeness (QED) is 0.188. The van der Waals surface area contributed by atoms with Gasteiger partial charge in [0.1, 0.15) is 12.4 Å². The van der Waals surface area contributed by atoms with Crippen molar-refractivity contribution in [1.29, 1.82) is 0 Å². The number of ether oxygens (including phenoxy) is 4. The molecule has 0 N–H and O–H groups in total. The average Bonchev–Trinajstić information content (AvgIpc) is 3.32. The number of halogens is 2. The Labute approximate surface area is 229 Å². The molecule has 4 aromatic rings. The molecule has 1 aliphatic rings. The number of hydrogen-bond acceptors (Lipinski definition) is 7. The molecule has 1 aliphatic heterocycles. The van der Waals surface area contributed by atoms with E-state index >= 15 is 0 Å². The molecule has 2 heterocycles. The summed E-state index contributed by atoms with van der Waals surface area (Å²) in [6.45, 7) is 4.71. The second-order valence-corrected chi connectivity index (χ2v) is 10.00. The summed E-state index contributed by atoms with van der Waals surface area (Å²) in [6.07, 6.45) is 1.62. The minimum atomic E-state index is -0.238. The van der Waals surface area contributed by atoms with Crippen LogP contribution in [0.2, 0.25) is 0 Å². The number of aryl methyl sites for hydroxylation is 1. The van der Waals surface area contributed by atoms with Crippen molar-refractivity contribution in [2.75, 3.05) is 13.4 Å². The second-order valence-electron chi connectivity index (χ2n) is 7.92. The van der Waals surface area contributed by atoms with Crippen molar-refractivity contribution < 1.29 is 18.9 Å². The van der Waals surface area contributed by atoms with Gasteiger partial charge in [-0.15, -0.1) is 0 Å². The van der Waals surface area contributed by atoms with Crippen LogP contribution in [0.25, 0.3) is 10.9 Å². The zero-order valence-electron chi connectivity index (χ0n) is 19.5. The minimum Gasteiger partial charge on any atom is -0.490 e. The molecular formula is C26H21BrIN3O5. The van der Waals surface area contributed by atoms with Gasteiger partial charge in [-0.05, 0) is 90.0 Å². The summed E-state index contributed by atoms with van der Waals surface area (Å²) < 4.78 is 25.8. The summed E-state index contributed by atoms with van der Waals surface area (Å²) in [5.41, 5.74) is 2.11. The number of benzene rings is 3. The molecule has 0 spiro atoms. The molecule has 184 valence electrons. The zero-order chi connectivity index (χ0) is 25.2. The van der Waals surface area contributed by atoms with Crippen LogP contribution in [0.1, 0.15) is 23.9 Å². The monoisotopic (exact) mass is 661 g/mol. The third kappa shape index (κ3) is 5.05. The number of rotatable bonds is 7. The molecule has 0 atom stereocenters. The van der Waals surface area contributed by atoms with E-state index in [1.807, 2.05) is 43.3 Å². The molecule has 0 unspecified atom stereocenters. The summed E-state index contributed by atoms with van der Waals surface area (Å²) in [5.74, 6) is 3.17. The van der Waals surface area contributed by atoms with E-state index in [1.165, 1.54) is 4.68 Å². The van der Waals surface area contributed by atoms with E-state index < -0.39 is 0 Å². The summed E-state index contributed by atoms with van der Waals surface area (Å²) >= 11 is 5.62. The Balaban J connectivity index is 1.42. The molecule has 5 rings (SSSR count). The molecule has 0 saturated heterocycles. The fraction of sp³-hybridized carbons (Fsp3) is 0.192. The third-order valence-electron chi connectivity index (χ3n) is 5.44. The standard InChI is InChI=1S/C26H21BrIN3O5/c1-3-33-24-10-17(12-29-31-15(2)30-21-6-5-18(27)11-19(21)26(31)32)8-20(28)25(24)34-13-16-4-7-22-23(9-16)36-14-35-22/h4-12H,3,13-14H2,1-2H3. The maximum absolute atomic E-state index is 13.0. The van der Waals surface area contributed by atoms with Crippen molar-refractivity contribution in [2.45, 2.75) is 20.5 Å². The molecule has 0 saturated carbocycles. The normalized spacial score (nSPS) is 12.4. The van der Waals surface area contributed by atoms with Crippen LogP contribution >= 0.6 is 38.5 Å². The summed E-state index contributed by atoms with van der Waals surface area (Å²) in [7, 11) is 0. The third-order valence-corrected chi connectivity index (χ3v) is 6.74. The van der Waals surface area contributed by atoms with Crippen LogP contribution in [0, 0.1) is 10.5 Å². The predicted octanol–water partition coefficient (Wildman–Crippen LogP) is 5.66. The maximum Gasteiger partial charge on any atom is 0.282 e. The van der Waals surface area contributed by atoms with E-state index in [1.54, 1.807) is 25.3 Å². The molecular weight excluding hydrogens is 641 g/mol. The van der Waals surface area contributed by atoms with Gasteiger partial charge in [0.25, 0.3) is 5.56 Å². The number of aromatic nitrogens is 2. The van der Waals surface area contributed by atoms with Crippen molar-refractivity contribution in [2.24, 2.45) is 5.10 Å². The second kappa shape index (κ2) is 10.5. The molecule has 8 nitrogen and oxygen atoms in total. The van der Waals surface area contributed by atoms with Crippen LogP contribution in [0.5, 0.6) is 23.0 Å². The Kier molecular flexibility index (Phi) is 7.15. The highest BCUT2D eigenvalue weighted by Crippen LogP contribution is 2.36. The molecule has 0 bridgehead atoms. The van der Waals surface area contributed by atoms with Crippen LogP contribution < -0.4 is 24.5 Å². The Bertz CT molecular complexity index is 1550. The van der Waals surface area contributed by atoms with Crippen LogP contribution in [-0.4, -0.2) is 29.3 Å². The van der Waals surface area contributed by atoms with Gasteiger partial charge in [-0.25, -0.2) is 4.98 Å². The van der Waals surface area contributed by atoms with Crippen molar-refractivity contribution >= 4 is 55.6 Å². The van der Waals surface area contributed by atoms with Crippen LogP contribution in [0.4, 0.5) is 0 Å². The van der Waals surface area contributed by atoms with Gasteiger partial charge in [-0.3, -0.25) is 4.79 Å². The predicted molar refractivity (Wildman–Crippen MR) is 149 cm³/mol. The number of nitrogens with zero attached hydrogens (tertiary/aromatic N) is 3. The summed E-state index contributed by atoms with van der Waals surface area (Å²) in [5, 5.41) is 4.92. The summed E-state index contributed by atoms with van der Waals surface area (Å²) in [4.78, 5) is 17.5. The van der Waals surface area contributed by atoms with Gasteiger partial charge in [-0.1, -0.05) is 22.0 Å². The van der Waals surface area contributed by atoms with E-state index in [2.05, 4.69) is 48.6 Å². The van der Waals surface area contributed by atoms with Gasteiger partial charge in [0, 0.05) is 4.47 Å². The number of hydrogen-bond donors (Lipinski definition) is 0. The van der Waals surface area contributed by atoms with Gasteiger partial charge in [0.05, 0.1) is 27.3 Å². The first-order valence-electron chi connectivity index (χ1n) is 11.1. The largest absolute Gasteiger partial charge is 0.490 e. The van der Waals surface area contributed by atoms with Crippen LogP contribution in [0.15, 0.2) is 62.9 Å². The van der Waals surface area contributed by atoms with Gasteiger partial charge in [0.2, 0.25) is 6.79 Å². The topological polar surface area (TPSA) is 84.2 Å². The van der Waals surface area contributed by atoms with E-state index in [9.17, 15) is 4.79 Å². The Hall–Kier alpha value is -3.12. The van der Waals surface area contributed by atoms with Gasteiger partial charge in [-0.2, -0.15) is 9.78 Å². The van der Waals surface area contributed by atoms with Gasteiger partial charge >= 0.3 is 0 Å². The van der Waals surface area contributed by atoms with E-state index in [0.29, 0.717) is 47.2 Å². The lowest BCUT2D eigenvalue weighted by Gasteiger charge is -2.15. The van der Waals surface area contributed by atoms with Gasteiger partial charge < -0.3 is 18.9 Å². The maximum atomic E-state index is 13.0. The van der Waals surface area contributed by atoms with Gasteiger partial charge in [0.15, 0.2) is 23.0 Å². The van der Waals surface area contributed by atoms with E-state index in [4.69, 9.17) is 18.9 Å². The molecule has 1 aromatic heterocycles. The highest BCUT2D eigenvalue weighted by Gasteiger charge is 2.16. The minimum absolute atomic E-state index is 0.230. The van der Waals surface area contributed by atoms with Crippen molar-refractivity contribution in [1.82, 2.24) is 9.66 Å². The number of fused-ring (bicyclic) bond motifs is 2. The Morgan fingerprint density at radius 2 is 1.97 bits per heavy atom. The highest BCUT2D eigenvalue weighted by atomic mass is 127. The van der Waals surface area contributed by atoms with Crippen molar-refractivity contribution in [3.8, 4) is 23.0 Å². The molecule has 3 aromatic carbocycles. The SMILES string of the molecule is CCOc1cc(C=Nn2c(C)nc3ccc(Br)cc3c2=O)cc(I)c1OCc1ccc2c(c1)OCO2. The lowest BCUT2D eigenvalue weighted by atomic mass is 10.2. The highest BCUT2D eigenvalue weighted by molar-refractivity contribution is 14.1. The van der Waals surface area contributed by atoms with Crippen LogP contribution in [0.3, 0.4) is 0 Å². The van der Waals surface area contributed by atoms with E-state index in [-0.39, 0.29) is 12.4 Å². The Morgan fingerprint density at radius 1 is 1.14 bits per heavy atom. The zero-order valence-corrected chi connectivity index (χ0v) is 23.2. The summed E-state index contributed by atoms with van der Waals surface area (Å²) in [6, 6.07) is 14.9. The smallest absolute Gasteiger partial charge is 0.282 e. The van der Waals surface area contributed by atoms with Crippen molar-refractivity contribution in [3.05, 3.63) is 83.9 Å². The molecule has 10 heteroatoms. The first-order valence-corrected chi connectivity index (χ1v) is 13.0. The molecule has 0 radical (unpaired) electrons. The first kappa shape index (κ1) is 24.6. The fourth-order valence-corrected chi connectivity index (χ4v) is 4.91. The fourth-order valence-electron chi connectivity index (χ4n) is 3.77. The van der Waals surface area contributed by atoms with Crippen molar-refractivity contribution in [3.63, 3.8) is 0 Å². The Morgan fingerprint density at radius 3 is 2.81 bits per heavy atom. The lowest BCUT2D eigenvalue weighted by molar-refractivity contribution is 0.174.